The highest BCUT2D eigenvalue weighted by Crippen LogP contribution is 2.37. The number of ketones is 1. The van der Waals surface area contributed by atoms with E-state index < -0.39 is 0 Å². The fourth-order valence-corrected chi connectivity index (χ4v) is 2.70. The Hall–Kier alpha value is -1.96. The Balaban J connectivity index is 2.13. The van der Waals surface area contributed by atoms with Gasteiger partial charge in [0.25, 0.3) is 0 Å². The highest BCUT2D eigenvalue weighted by Gasteiger charge is 2.27. The largest absolute Gasteiger partial charge is 0.294 e. The summed E-state index contributed by atoms with van der Waals surface area (Å²) in [6.45, 7) is 0. The van der Waals surface area contributed by atoms with Crippen LogP contribution in [0.25, 0.3) is 0 Å². The van der Waals surface area contributed by atoms with Gasteiger partial charge in [0.15, 0.2) is 5.78 Å². The van der Waals surface area contributed by atoms with Gasteiger partial charge in [-0.15, -0.1) is 0 Å². The van der Waals surface area contributed by atoms with Crippen LogP contribution in [0.3, 0.4) is 0 Å². The van der Waals surface area contributed by atoms with Crippen LogP contribution in [0.4, 0.5) is 4.39 Å². The number of rotatable bonds is 1. The Morgan fingerprint density at radius 2 is 1.61 bits per heavy atom. The van der Waals surface area contributed by atoms with E-state index in [1.807, 2.05) is 36.4 Å². The molecule has 1 atom stereocenters. The van der Waals surface area contributed by atoms with Crippen LogP contribution in [0.1, 0.15) is 40.2 Å². The first-order valence-corrected chi connectivity index (χ1v) is 6.14. The van der Waals surface area contributed by atoms with Gasteiger partial charge >= 0.3 is 0 Å². The van der Waals surface area contributed by atoms with Crippen molar-refractivity contribution in [2.24, 2.45) is 0 Å². The molecule has 2 aromatic rings. The van der Waals surface area contributed by atoms with E-state index in [1.165, 1.54) is 6.07 Å². The van der Waals surface area contributed by atoms with Crippen LogP contribution in [0, 0.1) is 5.82 Å². The first-order chi connectivity index (χ1) is 8.77. The molecule has 0 saturated carbocycles. The zero-order valence-corrected chi connectivity index (χ0v) is 9.90. The monoisotopic (exact) mass is 240 g/mol. The van der Waals surface area contributed by atoms with E-state index >= 15 is 0 Å². The molecular formula is C16H13FO. The van der Waals surface area contributed by atoms with E-state index in [1.54, 1.807) is 6.07 Å². The molecule has 1 aliphatic carbocycles. The number of Topliss-reactive ketones (excluding diaryl/α,β-unsaturated/α-hetero) is 1. The SMILES string of the molecule is O=C1CC[C@H](c2ccccc2F)c2ccccc21. The predicted octanol–water partition coefficient (Wildman–Crippen LogP) is 3.93. The van der Waals surface area contributed by atoms with Crippen LogP contribution in [-0.2, 0) is 0 Å². The van der Waals surface area contributed by atoms with Gasteiger partial charge in [-0.1, -0.05) is 42.5 Å². The van der Waals surface area contributed by atoms with E-state index in [0.29, 0.717) is 18.4 Å². The van der Waals surface area contributed by atoms with Crippen molar-refractivity contribution in [3.8, 4) is 0 Å². The molecule has 18 heavy (non-hydrogen) atoms. The van der Waals surface area contributed by atoms with Gasteiger partial charge in [-0.25, -0.2) is 4.39 Å². The van der Waals surface area contributed by atoms with Crippen molar-refractivity contribution >= 4 is 5.78 Å². The fraction of sp³-hybridized carbons (Fsp3) is 0.188. The lowest BCUT2D eigenvalue weighted by molar-refractivity contribution is 0.0969. The molecule has 90 valence electrons. The molecule has 0 heterocycles. The molecular weight excluding hydrogens is 227 g/mol. The van der Waals surface area contributed by atoms with E-state index in [2.05, 4.69) is 0 Å². The minimum absolute atomic E-state index is 0.0000926. The summed E-state index contributed by atoms with van der Waals surface area (Å²) in [6.07, 6.45) is 1.19. The van der Waals surface area contributed by atoms with Crippen LogP contribution in [0.5, 0.6) is 0 Å². The van der Waals surface area contributed by atoms with Crippen molar-refractivity contribution in [2.75, 3.05) is 0 Å². The second-order valence-corrected chi connectivity index (χ2v) is 4.62. The lowest BCUT2D eigenvalue weighted by atomic mass is 9.78. The van der Waals surface area contributed by atoms with Crippen LogP contribution >= 0.6 is 0 Å². The first-order valence-electron chi connectivity index (χ1n) is 6.14. The predicted molar refractivity (Wildman–Crippen MR) is 68.2 cm³/mol. The highest BCUT2D eigenvalue weighted by molar-refractivity contribution is 5.99. The third-order valence-electron chi connectivity index (χ3n) is 3.58. The third kappa shape index (κ3) is 1.74. The lowest BCUT2D eigenvalue weighted by Gasteiger charge is -2.25. The fourth-order valence-electron chi connectivity index (χ4n) is 2.70. The molecule has 0 fully saturated rings. The second-order valence-electron chi connectivity index (χ2n) is 4.62. The van der Waals surface area contributed by atoms with Crippen molar-refractivity contribution in [3.05, 3.63) is 71.0 Å². The van der Waals surface area contributed by atoms with Crippen molar-refractivity contribution in [1.82, 2.24) is 0 Å². The molecule has 0 radical (unpaired) electrons. The Morgan fingerprint density at radius 1 is 0.944 bits per heavy atom. The summed E-state index contributed by atoms with van der Waals surface area (Å²) in [6, 6.07) is 14.4. The van der Waals surface area contributed by atoms with Gasteiger partial charge < -0.3 is 0 Å². The van der Waals surface area contributed by atoms with Gasteiger partial charge in [0.2, 0.25) is 0 Å². The second kappa shape index (κ2) is 4.37. The van der Waals surface area contributed by atoms with Gasteiger partial charge in [0.1, 0.15) is 5.82 Å². The Morgan fingerprint density at radius 3 is 2.39 bits per heavy atom. The van der Waals surface area contributed by atoms with Gasteiger partial charge in [0, 0.05) is 17.9 Å². The van der Waals surface area contributed by atoms with Crippen LogP contribution in [0.15, 0.2) is 48.5 Å². The number of benzene rings is 2. The summed E-state index contributed by atoms with van der Waals surface area (Å²) in [4.78, 5) is 11.9. The van der Waals surface area contributed by atoms with E-state index in [4.69, 9.17) is 0 Å². The molecule has 0 N–H and O–H groups in total. The zero-order chi connectivity index (χ0) is 12.5. The average molecular weight is 240 g/mol. The standard InChI is InChI=1S/C16H13FO/c17-15-8-4-3-6-13(15)12-9-10-16(18)14-7-2-1-5-11(12)14/h1-8,12H,9-10H2/t12-/m0/s1. The normalized spacial score (nSPS) is 18.5. The van der Waals surface area contributed by atoms with Crippen LogP contribution in [0.2, 0.25) is 0 Å². The van der Waals surface area contributed by atoms with Gasteiger partial charge in [-0.3, -0.25) is 4.79 Å². The summed E-state index contributed by atoms with van der Waals surface area (Å²) < 4.78 is 13.9. The molecule has 2 heteroatoms. The van der Waals surface area contributed by atoms with Crippen molar-refractivity contribution in [1.29, 1.82) is 0 Å². The van der Waals surface area contributed by atoms with Crippen molar-refractivity contribution in [2.45, 2.75) is 18.8 Å². The number of halogens is 1. The number of carbonyl (C=O) groups is 1. The molecule has 0 aromatic heterocycles. The average Bonchev–Trinajstić information content (AvgIpc) is 2.41. The molecule has 1 aliphatic rings. The van der Waals surface area contributed by atoms with E-state index in [9.17, 15) is 9.18 Å². The highest BCUT2D eigenvalue weighted by atomic mass is 19.1. The Labute approximate surface area is 105 Å². The molecule has 0 unspecified atom stereocenters. The molecule has 2 aromatic carbocycles. The van der Waals surface area contributed by atoms with Gasteiger partial charge in [-0.2, -0.15) is 0 Å². The third-order valence-corrected chi connectivity index (χ3v) is 3.58. The first kappa shape index (κ1) is 11.1. The van der Waals surface area contributed by atoms with Crippen LogP contribution in [-0.4, -0.2) is 5.78 Å². The summed E-state index contributed by atoms with van der Waals surface area (Å²) in [5, 5.41) is 0. The summed E-state index contributed by atoms with van der Waals surface area (Å²) in [5.41, 5.74) is 2.40. The minimum atomic E-state index is -0.188. The smallest absolute Gasteiger partial charge is 0.163 e. The number of hydrogen-bond donors (Lipinski definition) is 0. The number of carbonyl (C=O) groups excluding carboxylic acids is 1. The van der Waals surface area contributed by atoms with E-state index in [0.717, 1.165) is 11.1 Å². The van der Waals surface area contributed by atoms with Crippen LogP contribution < -0.4 is 0 Å². The number of fused-ring (bicyclic) bond motifs is 1. The molecule has 1 nitrogen and oxygen atoms in total. The summed E-state index contributed by atoms with van der Waals surface area (Å²) in [7, 11) is 0. The van der Waals surface area contributed by atoms with Crippen molar-refractivity contribution < 1.29 is 9.18 Å². The molecule has 3 rings (SSSR count). The molecule has 0 bridgehead atoms. The molecule has 0 spiro atoms. The molecule has 0 saturated heterocycles. The Bertz CT molecular complexity index is 604. The van der Waals surface area contributed by atoms with Gasteiger partial charge in [0.05, 0.1) is 0 Å². The summed E-state index contributed by atoms with van der Waals surface area (Å²) >= 11 is 0. The molecule has 0 aliphatic heterocycles. The maximum Gasteiger partial charge on any atom is 0.163 e. The Kier molecular flexibility index (Phi) is 2.71. The quantitative estimate of drug-likeness (QED) is 0.738. The summed E-state index contributed by atoms with van der Waals surface area (Å²) in [5.74, 6) is -0.0232. The maximum atomic E-state index is 13.9. The molecule has 0 amide bonds. The topological polar surface area (TPSA) is 17.1 Å². The zero-order valence-electron chi connectivity index (χ0n) is 9.90. The van der Waals surface area contributed by atoms with Crippen molar-refractivity contribution in [3.63, 3.8) is 0 Å². The minimum Gasteiger partial charge on any atom is -0.294 e. The number of hydrogen-bond acceptors (Lipinski definition) is 1. The van der Waals surface area contributed by atoms with E-state index in [-0.39, 0.29) is 17.5 Å². The van der Waals surface area contributed by atoms with Gasteiger partial charge in [-0.05, 0) is 23.6 Å². The lowest BCUT2D eigenvalue weighted by Crippen LogP contribution is -2.17. The maximum absolute atomic E-state index is 13.9.